The molecule has 4 atom stereocenters. The number of amides is 4. The van der Waals surface area contributed by atoms with Gasteiger partial charge in [0, 0.05) is 30.3 Å². The molecule has 4 amide bonds. The molecule has 12 nitrogen and oxygen atoms in total. The highest BCUT2D eigenvalue weighted by Gasteiger charge is 2.41. The molecule has 0 spiro atoms. The first-order chi connectivity index (χ1) is 20.4. The normalized spacial score (nSPS) is 19.3. The average Bonchev–Trinajstić information content (AvgIpc) is 3.75. The Bertz CT molecular complexity index is 1330. The smallest absolute Gasteiger partial charge is 0.328 e. The highest BCUT2D eigenvalue weighted by molar-refractivity contribution is 5.97. The molecule has 1 saturated carbocycles. The van der Waals surface area contributed by atoms with Crippen molar-refractivity contribution in [3.8, 4) is 0 Å². The maximum absolute atomic E-state index is 13.6. The second kappa shape index (κ2) is 13.7. The number of carbonyl (C=O) groups is 5. The number of nitrogens with zero attached hydrogens (tertiary/aromatic N) is 2. The zero-order chi connectivity index (χ0) is 31.1. The molecule has 2 aliphatic rings. The van der Waals surface area contributed by atoms with Crippen LogP contribution >= 0.6 is 0 Å². The summed E-state index contributed by atoms with van der Waals surface area (Å²) in [6.45, 7) is 3.76. The van der Waals surface area contributed by atoms with E-state index in [-0.39, 0.29) is 30.4 Å². The van der Waals surface area contributed by atoms with Crippen LogP contribution in [0.5, 0.6) is 0 Å². The van der Waals surface area contributed by atoms with E-state index in [1.54, 1.807) is 0 Å². The molecule has 4 N–H and O–H groups in total. The van der Waals surface area contributed by atoms with E-state index in [1.165, 1.54) is 50.0 Å². The van der Waals surface area contributed by atoms with Crippen LogP contribution < -0.4 is 21.3 Å². The van der Waals surface area contributed by atoms with Gasteiger partial charge in [-0.15, -0.1) is 0 Å². The van der Waals surface area contributed by atoms with Gasteiger partial charge in [0.25, 0.3) is 5.91 Å². The largest absolute Gasteiger partial charge is 0.467 e. The van der Waals surface area contributed by atoms with Crippen molar-refractivity contribution in [1.29, 1.82) is 0 Å². The minimum atomic E-state index is -1.14. The third-order valence-corrected chi connectivity index (χ3v) is 7.58. The molecule has 0 radical (unpaired) electrons. The molecule has 1 aliphatic heterocycles. The molecule has 0 unspecified atom stereocenters. The number of carbonyl (C=O) groups excluding carboxylic acids is 5. The van der Waals surface area contributed by atoms with Gasteiger partial charge in [0.2, 0.25) is 17.7 Å². The Labute approximate surface area is 249 Å². The number of hydrogen-bond acceptors (Lipinski definition) is 8. The zero-order valence-corrected chi connectivity index (χ0v) is 24.4. The zero-order valence-electron chi connectivity index (χ0n) is 24.4. The van der Waals surface area contributed by atoms with Crippen molar-refractivity contribution >= 4 is 29.6 Å². The Morgan fingerprint density at radius 2 is 1.67 bits per heavy atom. The third kappa shape index (κ3) is 9.03. The Morgan fingerprint density at radius 1 is 1.00 bits per heavy atom. The van der Waals surface area contributed by atoms with Gasteiger partial charge in [-0.3, -0.25) is 24.2 Å². The van der Waals surface area contributed by atoms with E-state index in [1.807, 2.05) is 13.8 Å². The lowest BCUT2D eigenvalue weighted by molar-refractivity contribution is -0.146. The molecule has 230 valence electrons. The van der Waals surface area contributed by atoms with Crippen LogP contribution in [0, 0.1) is 17.7 Å². The predicted molar refractivity (Wildman–Crippen MR) is 152 cm³/mol. The van der Waals surface area contributed by atoms with Crippen molar-refractivity contribution in [2.75, 3.05) is 7.11 Å². The van der Waals surface area contributed by atoms with E-state index in [9.17, 15) is 28.4 Å². The summed E-state index contributed by atoms with van der Waals surface area (Å²) in [5.41, 5.74) is 0.129. The lowest BCUT2D eigenvalue weighted by atomic mass is 9.91. The Morgan fingerprint density at radius 3 is 2.26 bits per heavy atom. The summed E-state index contributed by atoms with van der Waals surface area (Å²) in [4.78, 5) is 73.0. The van der Waals surface area contributed by atoms with Crippen LogP contribution in [0.15, 0.2) is 42.9 Å². The number of esters is 1. The molecular weight excluding hydrogens is 559 g/mol. The van der Waals surface area contributed by atoms with Gasteiger partial charge < -0.3 is 26.0 Å². The number of halogens is 1. The summed E-state index contributed by atoms with van der Waals surface area (Å²) in [6.07, 6.45) is 6.63. The van der Waals surface area contributed by atoms with Crippen molar-refractivity contribution in [3.63, 3.8) is 0 Å². The standard InChI is InChI=1S/C30H37FN6O6/c1-30(2)15-19(25(38)37-30)14-23(29(42)43-3)36-27(40)22(12-17-4-5-17)34-26(39)21(13-18-6-8-20(31)9-7-18)35-28(41)24-16-32-10-11-33-24/h6-11,16-17,19,21-23H,4-5,12-15H2,1-3H3,(H,34,39)(H,35,41)(H,36,40)(H,37,38)/t19-,21+,22+,23+/m1/s1. The molecule has 13 heteroatoms. The third-order valence-electron chi connectivity index (χ3n) is 7.58. The number of benzene rings is 1. The van der Waals surface area contributed by atoms with Crippen LogP contribution in [0.2, 0.25) is 0 Å². The van der Waals surface area contributed by atoms with Gasteiger partial charge in [-0.2, -0.15) is 0 Å². The van der Waals surface area contributed by atoms with Crippen molar-refractivity contribution in [1.82, 2.24) is 31.2 Å². The number of rotatable bonds is 13. The van der Waals surface area contributed by atoms with Crippen LogP contribution in [0.1, 0.15) is 62.0 Å². The Hall–Kier alpha value is -4.42. The fourth-order valence-corrected chi connectivity index (χ4v) is 5.20. The fraction of sp³-hybridized carbons (Fsp3) is 0.500. The van der Waals surface area contributed by atoms with E-state index in [4.69, 9.17) is 4.74 Å². The molecule has 0 bridgehead atoms. The fourth-order valence-electron chi connectivity index (χ4n) is 5.20. The SMILES string of the molecule is COC(=O)[C@H](C[C@@H]1CC(C)(C)NC1=O)NC(=O)[C@H](CC1CC1)NC(=O)[C@H](Cc1ccc(F)cc1)NC(=O)c1cnccn1. The van der Waals surface area contributed by atoms with E-state index in [0.717, 1.165) is 12.8 Å². The van der Waals surface area contributed by atoms with Gasteiger partial charge in [-0.25, -0.2) is 14.2 Å². The van der Waals surface area contributed by atoms with Gasteiger partial charge in [0.05, 0.1) is 13.3 Å². The van der Waals surface area contributed by atoms with Gasteiger partial charge in [-0.1, -0.05) is 25.0 Å². The number of ether oxygens (including phenoxy) is 1. The predicted octanol–water partition coefficient (Wildman–Crippen LogP) is 1.20. The van der Waals surface area contributed by atoms with Crippen molar-refractivity contribution in [3.05, 3.63) is 59.9 Å². The number of aromatic nitrogens is 2. The summed E-state index contributed by atoms with van der Waals surface area (Å²) < 4.78 is 18.4. The van der Waals surface area contributed by atoms with Gasteiger partial charge in [0.1, 0.15) is 29.6 Å². The summed E-state index contributed by atoms with van der Waals surface area (Å²) in [6, 6.07) is 2.22. The number of hydrogen-bond donors (Lipinski definition) is 4. The van der Waals surface area contributed by atoms with E-state index >= 15 is 0 Å². The lowest BCUT2D eigenvalue weighted by Gasteiger charge is -2.26. The molecule has 4 rings (SSSR count). The van der Waals surface area contributed by atoms with Crippen LogP contribution in [-0.2, 0) is 30.3 Å². The van der Waals surface area contributed by atoms with Crippen LogP contribution in [-0.4, -0.2) is 70.3 Å². The topological polar surface area (TPSA) is 168 Å². The van der Waals surface area contributed by atoms with Crippen LogP contribution in [0.4, 0.5) is 4.39 Å². The first-order valence-corrected chi connectivity index (χ1v) is 14.3. The van der Waals surface area contributed by atoms with Crippen LogP contribution in [0.3, 0.4) is 0 Å². The quantitative estimate of drug-likeness (QED) is 0.250. The lowest BCUT2D eigenvalue weighted by Crippen LogP contribution is -2.56. The van der Waals surface area contributed by atoms with Gasteiger partial charge in [-0.05, 0) is 56.7 Å². The maximum atomic E-state index is 13.6. The first-order valence-electron chi connectivity index (χ1n) is 14.3. The highest BCUT2D eigenvalue weighted by Crippen LogP contribution is 2.34. The van der Waals surface area contributed by atoms with Gasteiger partial charge >= 0.3 is 5.97 Å². The molecule has 2 heterocycles. The minimum Gasteiger partial charge on any atom is -0.467 e. The Kier molecular flexibility index (Phi) is 10.0. The maximum Gasteiger partial charge on any atom is 0.328 e. The summed E-state index contributed by atoms with van der Waals surface area (Å²) in [5, 5.41) is 11.0. The van der Waals surface area contributed by atoms with Crippen molar-refractivity contribution in [2.45, 2.75) is 76.0 Å². The molecule has 2 fully saturated rings. The highest BCUT2D eigenvalue weighted by atomic mass is 19.1. The monoisotopic (exact) mass is 596 g/mol. The molecular formula is C30H37FN6O6. The molecule has 1 saturated heterocycles. The average molecular weight is 597 g/mol. The second-order valence-electron chi connectivity index (χ2n) is 11.8. The van der Waals surface area contributed by atoms with Crippen molar-refractivity contribution < 1.29 is 33.1 Å². The Balaban J connectivity index is 1.50. The van der Waals surface area contributed by atoms with Gasteiger partial charge in [0.15, 0.2) is 0 Å². The number of methoxy groups -OCH3 is 1. The van der Waals surface area contributed by atoms with E-state index < -0.39 is 59.1 Å². The van der Waals surface area contributed by atoms with E-state index in [2.05, 4.69) is 31.2 Å². The molecule has 2 aromatic rings. The summed E-state index contributed by atoms with van der Waals surface area (Å²) in [5.74, 6) is -3.56. The first kappa shape index (κ1) is 31.5. The molecule has 1 aromatic heterocycles. The number of nitrogens with one attached hydrogen (secondary N) is 4. The molecule has 1 aliphatic carbocycles. The molecule has 1 aromatic carbocycles. The van der Waals surface area contributed by atoms with Crippen LogP contribution in [0.25, 0.3) is 0 Å². The summed E-state index contributed by atoms with van der Waals surface area (Å²) >= 11 is 0. The van der Waals surface area contributed by atoms with Crippen molar-refractivity contribution in [2.24, 2.45) is 11.8 Å². The molecule has 43 heavy (non-hydrogen) atoms. The van der Waals surface area contributed by atoms with E-state index in [0.29, 0.717) is 18.4 Å². The summed E-state index contributed by atoms with van der Waals surface area (Å²) in [7, 11) is 1.20. The minimum absolute atomic E-state index is 0.00719. The second-order valence-corrected chi connectivity index (χ2v) is 11.8.